The van der Waals surface area contributed by atoms with Crippen LogP contribution in [0.25, 0.3) is 0 Å². The summed E-state index contributed by atoms with van der Waals surface area (Å²) in [6.45, 7) is 5.00. The predicted octanol–water partition coefficient (Wildman–Crippen LogP) is 1.65. The van der Waals surface area contributed by atoms with Crippen molar-refractivity contribution in [2.75, 3.05) is 12.3 Å². The van der Waals surface area contributed by atoms with Crippen molar-refractivity contribution >= 4 is 18.4 Å². The smallest absolute Gasteiger partial charge is 0.150 e. The fourth-order valence-electron chi connectivity index (χ4n) is 0.936. The molecule has 0 radical (unpaired) electrons. The molecule has 2 nitrogen and oxygen atoms in total. The number of unbranched alkanes of at least 4 members (excludes halogenated alkanes) is 1. The van der Waals surface area contributed by atoms with E-state index in [1.807, 2.05) is 6.92 Å². The van der Waals surface area contributed by atoms with E-state index in [1.165, 1.54) is 6.42 Å². The maximum absolute atomic E-state index is 11.2. The monoisotopic (exact) mass is 189 g/mol. The highest BCUT2D eigenvalue weighted by Gasteiger charge is 2.09. The number of thiol groups is 1. The Labute approximate surface area is 80.5 Å². The molecule has 12 heavy (non-hydrogen) atoms. The van der Waals surface area contributed by atoms with Crippen molar-refractivity contribution in [3.8, 4) is 0 Å². The summed E-state index contributed by atoms with van der Waals surface area (Å²) >= 11 is 4.02. The summed E-state index contributed by atoms with van der Waals surface area (Å²) in [5.41, 5.74) is 0. The third kappa shape index (κ3) is 5.61. The molecule has 0 aromatic heterocycles. The number of hydrogen-bond donors (Lipinski definition) is 2. The second-order valence-electron chi connectivity index (χ2n) is 2.97. The van der Waals surface area contributed by atoms with Crippen molar-refractivity contribution in [2.24, 2.45) is 0 Å². The van der Waals surface area contributed by atoms with Crippen LogP contribution in [0.5, 0.6) is 0 Å². The molecule has 1 unspecified atom stereocenters. The molecule has 72 valence electrons. The van der Waals surface area contributed by atoms with Crippen LogP contribution in [0.4, 0.5) is 0 Å². The molecular weight excluding hydrogens is 170 g/mol. The van der Waals surface area contributed by atoms with Gasteiger partial charge in [0, 0.05) is 6.42 Å². The standard InChI is InChI=1S/C9H19NOS/c1-3-4-6-10-8(2)9(11)5-7-12/h8,10,12H,3-7H2,1-2H3. The van der Waals surface area contributed by atoms with E-state index < -0.39 is 0 Å². The largest absolute Gasteiger partial charge is 0.308 e. The molecule has 1 N–H and O–H groups in total. The van der Waals surface area contributed by atoms with Gasteiger partial charge in [-0.05, 0) is 25.6 Å². The van der Waals surface area contributed by atoms with Crippen LogP contribution in [0.3, 0.4) is 0 Å². The maximum atomic E-state index is 11.2. The van der Waals surface area contributed by atoms with E-state index in [0.29, 0.717) is 12.2 Å². The van der Waals surface area contributed by atoms with Crippen LogP contribution in [0.15, 0.2) is 0 Å². The second-order valence-corrected chi connectivity index (χ2v) is 3.42. The van der Waals surface area contributed by atoms with Crippen LogP contribution in [-0.2, 0) is 4.79 Å². The van der Waals surface area contributed by atoms with Crippen LogP contribution in [0.2, 0.25) is 0 Å². The van der Waals surface area contributed by atoms with Gasteiger partial charge in [0.1, 0.15) is 5.78 Å². The summed E-state index contributed by atoms with van der Waals surface area (Å²) in [5.74, 6) is 0.916. The van der Waals surface area contributed by atoms with Crippen LogP contribution in [0.1, 0.15) is 33.1 Å². The number of hydrogen-bond acceptors (Lipinski definition) is 3. The van der Waals surface area contributed by atoms with Gasteiger partial charge in [-0.3, -0.25) is 4.79 Å². The summed E-state index contributed by atoms with van der Waals surface area (Å²) in [5, 5.41) is 3.18. The zero-order valence-electron chi connectivity index (χ0n) is 7.97. The summed E-state index contributed by atoms with van der Waals surface area (Å²) in [7, 11) is 0. The maximum Gasteiger partial charge on any atom is 0.150 e. The van der Waals surface area contributed by atoms with Crippen molar-refractivity contribution in [3.05, 3.63) is 0 Å². The first-order valence-electron chi connectivity index (χ1n) is 4.59. The average molecular weight is 189 g/mol. The van der Waals surface area contributed by atoms with Crippen LogP contribution >= 0.6 is 12.6 Å². The molecule has 0 rings (SSSR count). The number of Topliss-reactive ketones (excluding diaryl/α,β-unsaturated/α-hetero) is 1. The Morgan fingerprint density at radius 3 is 2.75 bits per heavy atom. The fourth-order valence-corrected chi connectivity index (χ4v) is 1.16. The lowest BCUT2D eigenvalue weighted by atomic mass is 10.1. The molecule has 0 spiro atoms. The lowest BCUT2D eigenvalue weighted by Crippen LogP contribution is -2.34. The Hall–Kier alpha value is -0.0200. The highest BCUT2D eigenvalue weighted by molar-refractivity contribution is 7.80. The molecule has 0 fully saturated rings. The van der Waals surface area contributed by atoms with Gasteiger partial charge in [0.2, 0.25) is 0 Å². The Kier molecular flexibility index (Phi) is 7.61. The van der Waals surface area contributed by atoms with Crippen molar-refractivity contribution in [1.29, 1.82) is 0 Å². The molecule has 3 heteroatoms. The van der Waals surface area contributed by atoms with Crippen molar-refractivity contribution < 1.29 is 4.79 Å². The van der Waals surface area contributed by atoms with Crippen LogP contribution < -0.4 is 5.32 Å². The number of carbonyl (C=O) groups excluding carboxylic acids is 1. The molecule has 0 heterocycles. The molecular formula is C9H19NOS. The lowest BCUT2D eigenvalue weighted by molar-refractivity contribution is -0.120. The summed E-state index contributed by atoms with van der Waals surface area (Å²) in [6.07, 6.45) is 2.88. The Bertz CT molecular complexity index is 128. The van der Waals surface area contributed by atoms with Gasteiger partial charge >= 0.3 is 0 Å². The highest BCUT2D eigenvalue weighted by atomic mass is 32.1. The molecule has 0 aliphatic rings. The third-order valence-electron chi connectivity index (χ3n) is 1.82. The SMILES string of the molecule is CCCCNC(C)C(=O)CCS. The van der Waals surface area contributed by atoms with Crippen LogP contribution in [-0.4, -0.2) is 24.1 Å². The van der Waals surface area contributed by atoms with Crippen molar-refractivity contribution in [1.82, 2.24) is 5.32 Å². The van der Waals surface area contributed by atoms with E-state index in [9.17, 15) is 4.79 Å². The number of nitrogens with one attached hydrogen (secondary N) is 1. The van der Waals surface area contributed by atoms with Gasteiger partial charge in [0.15, 0.2) is 0 Å². The average Bonchev–Trinajstić information content (AvgIpc) is 2.05. The van der Waals surface area contributed by atoms with Gasteiger partial charge in [-0.25, -0.2) is 0 Å². The molecule has 0 aromatic rings. The van der Waals surface area contributed by atoms with E-state index in [2.05, 4.69) is 24.9 Å². The van der Waals surface area contributed by atoms with Gasteiger partial charge in [-0.15, -0.1) is 0 Å². The van der Waals surface area contributed by atoms with Gasteiger partial charge in [-0.1, -0.05) is 13.3 Å². The minimum Gasteiger partial charge on any atom is -0.308 e. The summed E-state index contributed by atoms with van der Waals surface area (Å²) in [4.78, 5) is 11.2. The van der Waals surface area contributed by atoms with E-state index >= 15 is 0 Å². The Balaban J connectivity index is 3.42. The minimum absolute atomic E-state index is 0.00343. The molecule has 0 bridgehead atoms. The van der Waals surface area contributed by atoms with Gasteiger partial charge in [-0.2, -0.15) is 12.6 Å². The quantitative estimate of drug-likeness (QED) is 0.471. The van der Waals surface area contributed by atoms with Gasteiger partial charge < -0.3 is 5.32 Å². The van der Waals surface area contributed by atoms with E-state index in [0.717, 1.165) is 13.0 Å². The number of carbonyl (C=O) groups is 1. The molecule has 0 amide bonds. The first-order chi connectivity index (χ1) is 5.72. The summed E-state index contributed by atoms with van der Waals surface area (Å²) < 4.78 is 0. The van der Waals surface area contributed by atoms with Crippen molar-refractivity contribution in [3.63, 3.8) is 0 Å². The molecule has 0 aliphatic carbocycles. The zero-order chi connectivity index (χ0) is 9.40. The van der Waals surface area contributed by atoms with Gasteiger partial charge in [0.05, 0.1) is 6.04 Å². The summed E-state index contributed by atoms with van der Waals surface area (Å²) in [6, 6.07) is 0.00343. The van der Waals surface area contributed by atoms with Crippen LogP contribution in [0, 0.1) is 0 Å². The Morgan fingerprint density at radius 1 is 1.58 bits per heavy atom. The fraction of sp³-hybridized carbons (Fsp3) is 0.889. The van der Waals surface area contributed by atoms with E-state index in [4.69, 9.17) is 0 Å². The first-order valence-corrected chi connectivity index (χ1v) is 5.22. The molecule has 0 saturated heterocycles. The van der Waals surface area contributed by atoms with Crippen molar-refractivity contribution in [2.45, 2.75) is 39.2 Å². The molecule has 1 atom stereocenters. The van der Waals surface area contributed by atoms with E-state index in [1.54, 1.807) is 0 Å². The topological polar surface area (TPSA) is 29.1 Å². The normalized spacial score (nSPS) is 12.9. The number of rotatable bonds is 7. The van der Waals surface area contributed by atoms with E-state index in [-0.39, 0.29) is 11.8 Å². The Morgan fingerprint density at radius 2 is 2.25 bits per heavy atom. The molecule has 0 aromatic carbocycles. The molecule has 0 aliphatic heterocycles. The predicted molar refractivity (Wildman–Crippen MR) is 55.8 cm³/mol. The second kappa shape index (κ2) is 7.62. The number of ketones is 1. The van der Waals surface area contributed by atoms with Gasteiger partial charge in [0.25, 0.3) is 0 Å². The minimum atomic E-state index is 0.00343. The zero-order valence-corrected chi connectivity index (χ0v) is 8.86. The highest BCUT2D eigenvalue weighted by Crippen LogP contribution is 1.94. The lowest BCUT2D eigenvalue weighted by Gasteiger charge is -2.11. The molecule has 0 saturated carbocycles. The third-order valence-corrected chi connectivity index (χ3v) is 2.05. The first kappa shape index (κ1) is 12.0.